The number of hydrogen-bond donors (Lipinski definition) is 4. The second-order valence-corrected chi connectivity index (χ2v) is 6.56. The number of carbonyl (C=O) groups is 4. The van der Waals surface area contributed by atoms with Gasteiger partial charge in [0.05, 0.1) is 11.1 Å². The van der Waals surface area contributed by atoms with Gasteiger partial charge in [-0.15, -0.1) is 0 Å². The number of rotatable bonds is 8. The second kappa shape index (κ2) is 11.4. The van der Waals surface area contributed by atoms with Crippen molar-refractivity contribution in [3.05, 3.63) is 58.7 Å². The fourth-order valence-corrected chi connectivity index (χ4v) is 2.57. The van der Waals surface area contributed by atoms with Crippen molar-refractivity contribution in [2.24, 2.45) is 0 Å². The van der Waals surface area contributed by atoms with E-state index in [1.807, 2.05) is 13.8 Å². The molecule has 0 spiro atoms. The lowest BCUT2D eigenvalue weighted by atomic mass is 10.0. The van der Waals surface area contributed by atoms with E-state index >= 15 is 0 Å². The lowest BCUT2D eigenvalue weighted by Gasteiger charge is -2.03. The Morgan fingerprint density at radius 3 is 1.30 bits per heavy atom. The van der Waals surface area contributed by atoms with Gasteiger partial charge in [-0.2, -0.15) is 0 Å². The summed E-state index contributed by atoms with van der Waals surface area (Å²) in [5.41, 5.74) is 12.1. The van der Waals surface area contributed by atoms with Crippen molar-refractivity contribution in [2.45, 2.75) is 39.5 Å². The maximum absolute atomic E-state index is 11.5. The molecule has 0 bridgehead atoms. The van der Waals surface area contributed by atoms with Crippen LogP contribution < -0.4 is 11.5 Å². The molecule has 160 valence electrons. The molecule has 2 aromatic rings. The highest BCUT2D eigenvalue weighted by molar-refractivity contribution is 6.02. The van der Waals surface area contributed by atoms with Gasteiger partial charge < -0.3 is 21.7 Å². The molecule has 0 aliphatic carbocycles. The van der Waals surface area contributed by atoms with Crippen LogP contribution in [0.5, 0.6) is 0 Å². The van der Waals surface area contributed by atoms with E-state index in [0.717, 1.165) is 12.8 Å². The summed E-state index contributed by atoms with van der Waals surface area (Å²) in [6, 6.07) is 8.67. The third-order valence-corrected chi connectivity index (χ3v) is 4.17. The van der Waals surface area contributed by atoms with Crippen molar-refractivity contribution in [3.8, 4) is 0 Å². The molecular weight excluding hydrogens is 388 g/mol. The van der Waals surface area contributed by atoms with E-state index in [1.54, 1.807) is 12.1 Å². The molecule has 0 heterocycles. The first-order chi connectivity index (χ1) is 14.1. The maximum Gasteiger partial charge on any atom is 0.337 e. The number of aromatic carboxylic acids is 2. The first-order valence-electron chi connectivity index (χ1n) is 9.44. The van der Waals surface area contributed by atoms with Crippen molar-refractivity contribution < 1.29 is 29.4 Å². The molecule has 0 aromatic heterocycles. The minimum atomic E-state index is -1.11. The summed E-state index contributed by atoms with van der Waals surface area (Å²) in [6.07, 6.45) is 2.32. The molecule has 8 nitrogen and oxygen atoms in total. The molecule has 0 amide bonds. The van der Waals surface area contributed by atoms with Gasteiger partial charge in [0.25, 0.3) is 0 Å². The molecule has 0 saturated heterocycles. The summed E-state index contributed by atoms with van der Waals surface area (Å²) in [4.78, 5) is 44.5. The summed E-state index contributed by atoms with van der Waals surface area (Å²) in [6.45, 7) is 3.79. The highest BCUT2D eigenvalue weighted by atomic mass is 16.4. The number of carboxylic acid groups (broad SMARTS) is 2. The van der Waals surface area contributed by atoms with Crippen LogP contribution in [0.4, 0.5) is 11.4 Å². The number of nitrogen functional groups attached to an aromatic ring is 2. The van der Waals surface area contributed by atoms with Gasteiger partial charge in [0.2, 0.25) is 0 Å². The lowest BCUT2D eigenvalue weighted by Crippen LogP contribution is -2.06. The average Bonchev–Trinajstić information content (AvgIpc) is 2.69. The number of anilines is 2. The average molecular weight is 414 g/mol. The summed E-state index contributed by atoms with van der Waals surface area (Å²) in [5, 5.41) is 17.6. The van der Waals surface area contributed by atoms with Crippen LogP contribution in [0.3, 0.4) is 0 Å². The molecule has 8 heteroatoms. The molecule has 0 fully saturated rings. The Balaban J connectivity index is 0.000000300. The molecule has 0 aliphatic rings. The second-order valence-electron chi connectivity index (χ2n) is 6.56. The number of hydrogen-bond acceptors (Lipinski definition) is 6. The smallest absolute Gasteiger partial charge is 0.337 e. The monoisotopic (exact) mass is 414 g/mol. The number of Topliss-reactive ketones (excluding diaryl/α,β-unsaturated/α-hetero) is 2. The number of ketones is 2. The first kappa shape index (κ1) is 24.4. The molecular formula is C22H26N2O6. The fourth-order valence-electron chi connectivity index (χ4n) is 2.57. The van der Waals surface area contributed by atoms with Gasteiger partial charge in [0, 0.05) is 35.3 Å². The zero-order valence-corrected chi connectivity index (χ0v) is 17.0. The normalized spacial score (nSPS) is 9.93. The van der Waals surface area contributed by atoms with E-state index in [1.165, 1.54) is 24.3 Å². The summed E-state index contributed by atoms with van der Waals surface area (Å²) >= 11 is 0. The zero-order valence-electron chi connectivity index (χ0n) is 17.0. The van der Waals surface area contributed by atoms with Gasteiger partial charge in [-0.25, -0.2) is 9.59 Å². The summed E-state index contributed by atoms with van der Waals surface area (Å²) in [7, 11) is 0. The van der Waals surface area contributed by atoms with Gasteiger partial charge in [0.15, 0.2) is 11.6 Å². The number of carboxylic acids is 2. The SMILES string of the molecule is CCCC(=O)c1ccc(N)c(C(=O)O)c1.CCCC(=O)c1ccc(N)c(C(=O)O)c1. The molecule has 0 saturated carbocycles. The van der Waals surface area contributed by atoms with Gasteiger partial charge in [-0.05, 0) is 49.2 Å². The quantitative estimate of drug-likeness (QED) is 0.373. The van der Waals surface area contributed by atoms with Crippen LogP contribution in [0.1, 0.15) is 81.0 Å². The van der Waals surface area contributed by atoms with E-state index in [9.17, 15) is 19.2 Å². The van der Waals surface area contributed by atoms with Crippen LogP contribution in [-0.4, -0.2) is 33.7 Å². The summed E-state index contributed by atoms with van der Waals surface area (Å²) < 4.78 is 0. The van der Waals surface area contributed by atoms with E-state index in [-0.39, 0.29) is 34.1 Å². The van der Waals surface area contributed by atoms with Gasteiger partial charge in [-0.3, -0.25) is 9.59 Å². The van der Waals surface area contributed by atoms with Crippen LogP contribution in [0.25, 0.3) is 0 Å². The molecule has 0 aliphatic heterocycles. The fraction of sp³-hybridized carbons (Fsp3) is 0.273. The minimum Gasteiger partial charge on any atom is -0.478 e. The molecule has 0 unspecified atom stereocenters. The molecule has 6 N–H and O–H groups in total. The van der Waals surface area contributed by atoms with Crippen molar-refractivity contribution in [3.63, 3.8) is 0 Å². The third kappa shape index (κ3) is 6.73. The minimum absolute atomic E-state index is 0.0167. The Morgan fingerprint density at radius 2 is 1.03 bits per heavy atom. The van der Waals surface area contributed by atoms with E-state index in [0.29, 0.717) is 24.0 Å². The first-order valence-corrected chi connectivity index (χ1v) is 9.44. The number of carbonyl (C=O) groups excluding carboxylic acids is 2. The third-order valence-electron chi connectivity index (χ3n) is 4.17. The van der Waals surface area contributed by atoms with E-state index in [2.05, 4.69) is 0 Å². The van der Waals surface area contributed by atoms with Crippen LogP contribution in [0.15, 0.2) is 36.4 Å². The molecule has 0 radical (unpaired) electrons. The Hall–Kier alpha value is -3.68. The maximum atomic E-state index is 11.5. The van der Waals surface area contributed by atoms with Gasteiger partial charge >= 0.3 is 11.9 Å². The molecule has 0 atom stereocenters. The topological polar surface area (TPSA) is 161 Å². The highest BCUT2D eigenvalue weighted by Gasteiger charge is 2.13. The van der Waals surface area contributed by atoms with Gasteiger partial charge in [0.1, 0.15) is 0 Å². The summed E-state index contributed by atoms with van der Waals surface area (Å²) in [5.74, 6) is -2.34. The van der Waals surface area contributed by atoms with Crippen LogP contribution in [0, 0.1) is 0 Å². The van der Waals surface area contributed by atoms with E-state index in [4.69, 9.17) is 21.7 Å². The predicted molar refractivity (Wildman–Crippen MR) is 114 cm³/mol. The van der Waals surface area contributed by atoms with Gasteiger partial charge in [-0.1, -0.05) is 13.8 Å². The van der Waals surface area contributed by atoms with Crippen molar-refractivity contribution in [2.75, 3.05) is 11.5 Å². The van der Waals surface area contributed by atoms with Crippen molar-refractivity contribution in [1.29, 1.82) is 0 Å². The van der Waals surface area contributed by atoms with Crippen molar-refractivity contribution in [1.82, 2.24) is 0 Å². The number of nitrogens with two attached hydrogens (primary N) is 2. The standard InChI is InChI=1S/2C11H13NO3/c2*1-2-3-10(13)7-4-5-9(12)8(6-7)11(14)15/h2*4-6H,2-3,12H2,1H3,(H,14,15). The molecule has 2 aromatic carbocycles. The predicted octanol–water partition coefficient (Wildman–Crippen LogP) is 3.90. The lowest BCUT2D eigenvalue weighted by molar-refractivity contribution is 0.0687. The highest BCUT2D eigenvalue weighted by Crippen LogP contribution is 2.17. The Bertz CT molecular complexity index is 875. The van der Waals surface area contributed by atoms with Crippen molar-refractivity contribution >= 4 is 34.9 Å². The molecule has 2 rings (SSSR count). The van der Waals surface area contributed by atoms with Crippen LogP contribution in [0.2, 0.25) is 0 Å². The Labute approximate surface area is 174 Å². The molecule has 30 heavy (non-hydrogen) atoms. The van der Waals surface area contributed by atoms with E-state index < -0.39 is 11.9 Å². The van der Waals surface area contributed by atoms with Crippen LogP contribution >= 0.6 is 0 Å². The van der Waals surface area contributed by atoms with Crippen LogP contribution in [-0.2, 0) is 0 Å². The Kier molecular flexibility index (Phi) is 9.22. The largest absolute Gasteiger partial charge is 0.478 e. The Morgan fingerprint density at radius 1 is 0.700 bits per heavy atom. The zero-order chi connectivity index (χ0) is 22.8. The number of benzene rings is 2.